The summed E-state index contributed by atoms with van der Waals surface area (Å²) in [6.07, 6.45) is 12.2. The summed E-state index contributed by atoms with van der Waals surface area (Å²) < 4.78 is 2.21. The molecule has 0 unspecified atom stereocenters. The van der Waals surface area contributed by atoms with E-state index in [2.05, 4.69) is 46.9 Å². The number of imidazole rings is 1. The van der Waals surface area contributed by atoms with Crippen LogP contribution in [-0.4, -0.2) is 9.55 Å². The van der Waals surface area contributed by atoms with Gasteiger partial charge in [0, 0.05) is 18.3 Å². The van der Waals surface area contributed by atoms with Gasteiger partial charge in [-0.1, -0.05) is 69.4 Å². The molecular weight excluding hydrogens is 232 g/mol. The molecule has 2 nitrogen and oxygen atoms in total. The summed E-state index contributed by atoms with van der Waals surface area (Å²) in [4.78, 5) is 4.48. The van der Waals surface area contributed by atoms with Crippen molar-refractivity contribution in [3.05, 3.63) is 42.9 Å². The summed E-state index contributed by atoms with van der Waals surface area (Å²) in [7, 11) is 0. The highest BCUT2D eigenvalue weighted by atomic mass is 15.0. The molecule has 0 fully saturated rings. The highest BCUT2D eigenvalue weighted by Crippen LogP contribution is 2.16. The number of rotatable bonds is 8. The number of benzene rings is 1. The first-order chi connectivity index (χ1) is 9.40. The molecule has 1 aromatic carbocycles. The Morgan fingerprint density at radius 3 is 2.47 bits per heavy atom. The van der Waals surface area contributed by atoms with Gasteiger partial charge in [0.2, 0.25) is 0 Å². The second-order valence-electron chi connectivity index (χ2n) is 5.13. The lowest BCUT2D eigenvalue weighted by atomic mass is 10.1. The van der Waals surface area contributed by atoms with Crippen LogP contribution in [0.5, 0.6) is 0 Å². The summed E-state index contributed by atoms with van der Waals surface area (Å²) in [5.41, 5.74) is 2.27. The maximum absolute atomic E-state index is 4.48. The van der Waals surface area contributed by atoms with Crippen molar-refractivity contribution >= 4 is 0 Å². The van der Waals surface area contributed by atoms with Gasteiger partial charge in [-0.15, -0.1) is 0 Å². The molecule has 0 amide bonds. The Morgan fingerprint density at radius 2 is 1.68 bits per heavy atom. The van der Waals surface area contributed by atoms with Crippen LogP contribution < -0.4 is 0 Å². The van der Waals surface area contributed by atoms with E-state index >= 15 is 0 Å². The van der Waals surface area contributed by atoms with E-state index in [0.717, 1.165) is 12.2 Å². The predicted octanol–water partition coefficient (Wildman–Crippen LogP) is 4.91. The average Bonchev–Trinajstić information content (AvgIpc) is 2.92. The number of hydrogen-bond donors (Lipinski definition) is 0. The molecule has 2 rings (SSSR count). The normalized spacial score (nSPS) is 10.8. The molecule has 2 heteroatoms. The van der Waals surface area contributed by atoms with E-state index in [0.29, 0.717) is 0 Å². The van der Waals surface area contributed by atoms with Crippen molar-refractivity contribution in [1.82, 2.24) is 9.55 Å². The molecule has 0 bridgehead atoms. The zero-order chi connectivity index (χ0) is 13.3. The van der Waals surface area contributed by atoms with Crippen molar-refractivity contribution in [3.63, 3.8) is 0 Å². The molecule has 1 heterocycles. The Morgan fingerprint density at radius 1 is 0.947 bits per heavy atom. The van der Waals surface area contributed by atoms with Crippen molar-refractivity contribution in [2.24, 2.45) is 0 Å². The van der Waals surface area contributed by atoms with Gasteiger partial charge in [-0.2, -0.15) is 0 Å². The molecule has 0 saturated carbocycles. The van der Waals surface area contributed by atoms with Gasteiger partial charge in [-0.3, -0.25) is 0 Å². The lowest BCUT2D eigenvalue weighted by Gasteiger charge is -2.02. The Labute approximate surface area is 116 Å². The minimum Gasteiger partial charge on any atom is -0.337 e. The molecular formula is C17H24N2. The van der Waals surface area contributed by atoms with Crippen molar-refractivity contribution in [2.45, 2.75) is 52.0 Å². The van der Waals surface area contributed by atoms with E-state index in [9.17, 15) is 0 Å². The maximum Gasteiger partial charge on any atom is 0.0953 e. The minimum absolute atomic E-state index is 1.08. The molecule has 2 aromatic rings. The summed E-state index contributed by atoms with van der Waals surface area (Å²) in [5, 5.41) is 0. The number of hydrogen-bond acceptors (Lipinski definition) is 1. The van der Waals surface area contributed by atoms with Crippen LogP contribution in [0.15, 0.2) is 42.9 Å². The van der Waals surface area contributed by atoms with Crippen molar-refractivity contribution in [1.29, 1.82) is 0 Å². The Bertz CT molecular complexity index is 459. The van der Waals surface area contributed by atoms with E-state index < -0.39 is 0 Å². The summed E-state index contributed by atoms with van der Waals surface area (Å²) in [5.74, 6) is 0. The monoisotopic (exact) mass is 256 g/mol. The molecule has 0 radical (unpaired) electrons. The molecule has 1 aromatic heterocycles. The Kier molecular flexibility index (Phi) is 5.67. The van der Waals surface area contributed by atoms with Gasteiger partial charge in [-0.05, 0) is 6.42 Å². The van der Waals surface area contributed by atoms with E-state index in [1.807, 2.05) is 12.4 Å². The van der Waals surface area contributed by atoms with E-state index in [-0.39, 0.29) is 0 Å². The number of nitrogens with zero attached hydrogens (tertiary/aromatic N) is 2. The van der Waals surface area contributed by atoms with Gasteiger partial charge in [0.1, 0.15) is 0 Å². The van der Waals surface area contributed by atoms with Crippen LogP contribution in [-0.2, 0) is 6.54 Å². The van der Waals surface area contributed by atoms with Crippen LogP contribution in [0.25, 0.3) is 11.3 Å². The third-order valence-corrected chi connectivity index (χ3v) is 3.47. The lowest BCUT2D eigenvalue weighted by Crippen LogP contribution is -1.94. The second kappa shape index (κ2) is 7.78. The number of aromatic nitrogens is 2. The van der Waals surface area contributed by atoms with Crippen LogP contribution in [0, 0.1) is 0 Å². The highest BCUT2D eigenvalue weighted by Gasteiger charge is 2.00. The van der Waals surface area contributed by atoms with Crippen LogP contribution in [0.3, 0.4) is 0 Å². The fourth-order valence-electron chi connectivity index (χ4n) is 2.32. The number of unbranched alkanes of at least 4 members (excludes halogenated alkanes) is 5. The van der Waals surface area contributed by atoms with Crippen molar-refractivity contribution < 1.29 is 0 Å². The SMILES string of the molecule is CCCCCCCCn1cnc(-c2ccccc2)c1. The molecule has 0 saturated heterocycles. The average molecular weight is 256 g/mol. The van der Waals surface area contributed by atoms with Gasteiger partial charge < -0.3 is 4.57 Å². The third kappa shape index (κ3) is 4.55. The van der Waals surface area contributed by atoms with Gasteiger partial charge in [-0.25, -0.2) is 4.98 Å². The van der Waals surface area contributed by atoms with Crippen LogP contribution in [0.2, 0.25) is 0 Å². The molecule has 0 spiro atoms. The first-order valence-electron chi connectivity index (χ1n) is 7.47. The third-order valence-electron chi connectivity index (χ3n) is 3.47. The molecule has 102 valence electrons. The Balaban J connectivity index is 1.75. The van der Waals surface area contributed by atoms with E-state index in [1.54, 1.807) is 0 Å². The van der Waals surface area contributed by atoms with Gasteiger partial charge in [0.15, 0.2) is 0 Å². The first-order valence-corrected chi connectivity index (χ1v) is 7.47. The van der Waals surface area contributed by atoms with E-state index in [4.69, 9.17) is 0 Å². The second-order valence-corrected chi connectivity index (χ2v) is 5.13. The topological polar surface area (TPSA) is 17.8 Å². The van der Waals surface area contributed by atoms with Gasteiger partial charge >= 0.3 is 0 Å². The standard InChI is InChI=1S/C17H24N2/c1-2-3-4-5-6-10-13-19-14-17(18-15-19)16-11-8-7-9-12-16/h7-9,11-12,14-15H,2-6,10,13H2,1H3. The Hall–Kier alpha value is -1.57. The highest BCUT2D eigenvalue weighted by molar-refractivity contribution is 5.57. The summed E-state index contributed by atoms with van der Waals surface area (Å²) in [6, 6.07) is 10.4. The summed E-state index contributed by atoms with van der Waals surface area (Å²) >= 11 is 0. The van der Waals surface area contributed by atoms with Gasteiger partial charge in [0.05, 0.1) is 12.0 Å². The molecule has 0 aliphatic rings. The fraction of sp³-hybridized carbons (Fsp3) is 0.471. The zero-order valence-electron chi connectivity index (χ0n) is 11.9. The predicted molar refractivity (Wildman–Crippen MR) is 81.0 cm³/mol. The largest absolute Gasteiger partial charge is 0.337 e. The van der Waals surface area contributed by atoms with Crippen molar-refractivity contribution in [3.8, 4) is 11.3 Å². The fourth-order valence-corrected chi connectivity index (χ4v) is 2.32. The van der Waals surface area contributed by atoms with Gasteiger partial charge in [0.25, 0.3) is 0 Å². The number of aryl methyl sites for hydroxylation is 1. The molecule has 0 aliphatic carbocycles. The van der Waals surface area contributed by atoms with Crippen molar-refractivity contribution in [2.75, 3.05) is 0 Å². The quantitative estimate of drug-likeness (QED) is 0.613. The first kappa shape index (κ1) is 13.9. The van der Waals surface area contributed by atoms with Crippen LogP contribution in [0.4, 0.5) is 0 Å². The summed E-state index contributed by atoms with van der Waals surface area (Å²) in [6.45, 7) is 3.35. The van der Waals surface area contributed by atoms with Crippen LogP contribution in [0.1, 0.15) is 45.4 Å². The molecule has 19 heavy (non-hydrogen) atoms. The minimum atomic E-state index is 1.08. The maximum atomic E-state index is 4.48. The lowest BCUT2D eigenvalue weighted by molar-refractivity contribution is 0.558. The molecule has 0 aliphatic heterocycles. The van der Waals surface area contributed by atoms with Crippen LogP contribution >= 0.6 is 0 Å². The molecule has 0 atom stereocenters. The smallest absolute Gasteiger partial charge is 0.0953 e. The molecule has 0 N–H and O–H groups in total. The van der Waals surface area contributed by atoms with E-state index in [1.165, 1.54) is 44.1 Å². The zero-order valence-corrected chi connectivity index (χ0v) is 11.9.